The van der Waals surface area contributed by atoms with Gasteiger partial charge >= 0.3 is 6.03 Å². The fraction of sp³-hybridized carbons (Fsp3) is 0.304. The SMILES string of the molecule is Cc1c(C#N)nn(C)c1-c1cc(OC2CN(C(=O)N3N=CC[C@H]3c3cncc(F)c3)C2)c(F)cn1. The molecule has 0 radical (unpaired) electrons. The van der Waals surface area contributed by atoms with Gasteiger partial charge in [-0.25, -0.2) is 18.6 Å². The van der Waals surface area contributed by atoms with Crippen LogP contribution in [-0.2, 0) is 7.05 Å². The maximum absolute atomic E-state index is 14.4. The minimum Gasteiger partial charge on any atom is -0.483 e. The van der Waals surface area contributed by atoms with E-state index in [1.807, 2.05) is 6.07 Å². The van der Waals surface area contributed by atoms with Crippen LogP contribution >= 0.6 is 0 Å². The van der Waals surface area contributed by atoms with Crippen molar-refractivity contribution in [2.45, 2.75) is 25.5 Å². The van der Waals surface area contributed by atoms with E-state index in [9.17, 15) is 18.8 Å². The zero-order valence-electron chi connectivity index (χ0n) is 18.9. The van der Waals surface area contributed by atoms with Gasteiger partial charge in [0.05, 0.1) is 42.9 Å². The highest BCUT2D eigenvalue weighted by Crippen LogP contribution is 2.32. The molecule has 0 saturated carbocycles. The second-order valence-corrected chi connectivity index (χ2v) is 8.32. The first-order valence-corrected chi connectivity index (χ1v) is 10.8. The number of amides is 2. The van der Waals surface area contributed by atoms with Gasteiger partial charge in [-0.15, -0.1) is 0 Å². The minimum absolute atomic E-state index is 0.00545. The van der Waals surface area contributed by atoms with Crippen molar-refractivity contribution in [3.05, 3.63) is 59.2 Å². The lowest BCUT2D eigenvalue weighted by atomic mass is 10.1. The summed E-state index contributed by atoms with van der Waals surface area (Å²) in [6, 6.07) is 4.03. The van der Waals surface area contributed by atoms with Crippen molar-refractivity contribution in [1.29, 1.82) is 5.26 Å². The summed E-state index contributed by atoms with van der Waals surface area (Å²) in [5.74, 6) is -1.13. The van der Waals surface area contributed by atoms with Gasteiger partial charge in [-0.1, -0.05) is 0 Å². The lowest BCUT2D eigenvalue weighted by Gasteiger charge is -2.41. The molecule has 1 saturated heterocycles. The number of nitriles is 1. The van der Waals surface area contributed by atoms with Gasteiger partial charge in [0.15, 0.2) is 17.3 Å². The van der Waals surface area contributed by atoms with E-state index in [-0.39, 0.29) is 30.6 Å². The largest absolute Gasteiger partial charge is 0.483 e. The van der Waals surface area contributed by atoms with E-state index in [1.54, 1.807) is 20.2 Å². The normalized spacial score (nSPS) is 17.4. The summed E-state index contributed by atoms with van der Waals surface area (Å²) in [4.78, 5) is 22.5. The summed E-state index contributed by atoms with van der Waals surface area (Å²) >= 11 is 0. The van der Waals surface area contributed by atoms with Crippen molar-refractivity contribution in [1.82, 2.24) is 29.7 Å². The lowest BCUT2D eigenvalue weighted by molar-refractivity contribution is 0.0256. The molecule has 5 rings (SSSR count). The molecule has 3 aromatic rings. The van der Waals surface area contributed by atoms with Crippen molar-refractivity contribution in [3.63, 3.8) is 0 Å². The molecular weight excluding hydrogens is 458 g/mol. The summed E-state index contributed by atoms with van der Waals surface area (Å²) in [7, 11) is 1.68. The number of aromatic nitrogens is 4. The van der Waals surface area contributed by atoms with E-state index < -0.39 is 23.8 Å². The molecule has 0 unspecified atom stereocenters. The molecular formula is C23H20F2N8O2. The first-order valence-electron chi connectivity index (χ1n) is 10.8. The molecule has 1 fully saturated rings. The summed E-state index contributed by atoms with van der Waals surface area (Å²) < 4.78 is 35.4. The van der Waals surface area contributed by atoms with Crippen molar-refractivity contribution >= 4 is 12.2 Å². The Balaban J connectivity index is 1.26. The predicted octanol–water partition coefficient (Wildman–Crippen LogP) is 2.95. The Labute approximate surface area is 199 Å². The third-order valence-corrected chi connectivity index (χ3v) is 6.00. The predicted molar refractivity (Wildman–Crippen MR) is 119 cm³/mol. The molecule has 35 heavy (non-hydrogen) atoms. The molecule has 178 valence electrons. The topological polar surface area (TPSA) is 113 Å². The van der Waals surface area contributed by atoms with Crippen LogP contribution in [0.5, 0.6) is 5.75 Å². The molecule has 0 aromatic carbocycles. The molecule has 0 bridgehead atoms. The summed E-state index contributed by atoms with van der Waals surface area (Å²) in [5, 5.41) is 18.8. The Hall–Kier alpha value is -4.40. The van der Waals surface area contributed by atoms with Crippen LogP contribution < -0.4 is 4.74 Å². The van der Waals surface area contributed by atoms with Crippen LogP contribution in [0.2, 0.25) is 0 Å². The number of likely N-dealkylation sites (tertiary alicyclic amines) is 1. The van der Waals surface area contributed by atoms with Crippen LogP contribution in [0, 0.1) is 29.9 Å². The maximum Gasteiger partial charge on any atom is 0.341 e. The van der Waals surface area contributed by atoms with Gasteiger partial charge in [-0.05, 0) is 18.6 Å². The van der Waals surface area contributed by atoms with E-state index >= 15 is 0 Å². The second kappa shape index (κ2) is 8.75. The van der Waals surface area contributed by atoms with Crippen LogP contribution in [0.25, 0.3) is 11.4 Å². The highest BCUT2D eigenvalue weighted by molar-refractivity contribution is 5.79. The number of urea groups is 1. The average molecular weight is 478 g/mol. The molecule has 12 heteroatoms. The molecule has 0 spiro atoms. The maximum atomic E-state index is 14.4. The Morgan fingerprint density at radius 2 is 2.03 bits per heavy atom. The summed E-state index contributed by atoms with van der Waals surface area (Å²) in [5.41, 5.74) is 2.46. The number of hydrogen-bond donors (Lipinski definition) is 0. The van der Waals surface area contributed by atoms with Crippen molar-refractivity contribution in [2.24, 2.45) is 12.1 Å². The summed E-state index contributed by atoms with van der Waals surface area (Å²) in [6.45, 7) is 2.22. The molecule has 5 heterocycles. The number of nitrogens with zero attached hydrogens (tertiary/aromatic N) is 8. The minimum atomic E-state index is -0.637. The van der Waals surface area contributed by atoms with Crippen molar-refractivity contribution in [3.8, 4) is 23.2 Å². The van der Waals surface area contributed by atoms with Crippen molar-refractivity contribution in [2.75, 3.05) is 13.1 Å². The quantitative estimate of drug-likeness (QED) is 0.570. The standard InChI is InChI=1S/C23H20F2N8O2/c1-13-19(7-26)30-31(2)22(13)18-6-21(17(25)10-28-18)35-16-11-32(12-16)23(34)33-20(3-4-29-33)14-5-15(24)9-27-8-14/h4-6,8-10,16,20H,3,11-12H2,1-2H3/t20-/m0/s1. The van der Waals surface area contributed by atoms with Gasteiger partial charge in [0.2, 0.25) is 0 Å². The fourth-order valence-electron chi connectivity index (χ4n) is 4.21. The zero-order valence-corrected chi connectivity index (χ0v) is 18.9. The number of pyridine rings is 2. The highest BCUT2D eigenvalue weighted by atomic mass is 19.1. The van der Waals surface area contributed by atoms with Gasteiger partial charge in [-0.3, -0.25) is 14.6 Å². The first kappa shape index (κ1) is 22.4. The van der Waals surface area contributed by atoms with Gasteiger partial charge in [0, 0.05) is 37.5 Å². The number of carbonyl (C=O) groups is 1. The third kappa shape index (κ3) is 4.05. The monoisotopic (exact) mass is 478 g/mol. The number of aryl methyl sites for hydroxylation is 1. The average Bonchev–Trinajstić information content (AvgIpc) is 3.41. The van der Waals surface area contributed by atoms with Crippen LogP contribution in [0.1, 0.15) is 29.3 Å². The van der Waals surface area contributed by atoms with E-state index in [1.165, 1.54) is 32.9 Å². The van der Waals surface area contributed by atoms with Gasteiger partial charge in [0.1, 0.15) is 18.0 Å². The number of ether oxygens (including phenoxy) is 1. The van der Waals surface area contributed by atoms with Gasteiger partial charge < -0.3 is 9.64 Å². The highest BCUT2D eigenvalue weighted by Gasteiger charge is 2.39. The molecule has 1 atom stereocenters. The molecule has 2 aliphatic heterocycles. The number of hydrazone groups is 1. The van der Waals surface area contributed by atoms with E-state index in [0.717, 1.165) is 12.4 Å². The number of hydrogen-bond acceptors (Lipinski definition) is 7. The number of rotatable bonds is 4. The Bertz CT molecular complexity index is 1380. The smallest absolute Gasteiger partial charge is 0.341 e. The number of halogens is 2. The zero-order chi connectivity index (χ0) is 24.7. The third-order valence-electron chi connectivity index (χ3n) is 6.00. The fourth-order valence-corrected chi connectivity index (χ4v) is 4.21. The molecule has 10 nitrogen and oxygen atoms in total. The van der Waals surface area contributed by atoms with E-state index in [0.29, 0.717) is 28.9 Å². The van der Waals surface area contributed by atoms with E-state index in [4.69, 9.17) is 4.74 Å². The van der Waals surface area contributed by atoms with Crippen molar-refractivity contribution < 1.29 is 18.3 Å². The summed E-state index contributed by atoms with van der Waals surface area (Å²) in [6.07, 6.45) is 5.31. The van der Waals surface area contributed by atoms with Crippen LogP contribution in [0.4, 0.5) is 13.6 Å². The van der Waals surface area contributed by atoms with E-state index in [2.05, 4.69) is 20.2 Å². The Morgan fingerprint density at radius 3 is 2.74 bits per heavy atom. The molecule has 0 aliphatic carbocycles. The van der Waals surface area contributed by atoms with Crippen LogP contribution in [0.3, 0.4) is 0 Å². The molecule has 2 aliphatic rings. The first-order chi connectivity index (χ1) is 16.9. The number of carbonyl (C=O) groups excluding carboxylic acids is 1. The molecule has 2 amide bonds. The molecule has 3 aromatic heterocycles. The van der Waals surface area contributed by atoms with Crippen LogP contribution in [0.15, 0.2) is 35.8 Å². The van der Waals surface area contributed by atoms with Gasteiger partial charge in [0.25, 0.3) is 0 Å². The second-order valence-electron chi connectivity index (χ2n) is 8.32. The lowest BCUT2D eigenvalue weighted by Crippen LogP contribution is -2.58. The molecule has 0 N–H and O–H groups in total. The van der Waals surface area contributed by atoms with Crippen LogP contribution in [-0.4, -0.2) is 61.1 Å². The van der Waals surface area contributed by atoms with Gasteiger partial charge in [-0.2, -0.15) is 15.5 Å². The Morgan fingerprint density at radius 1 is 1.23 bits per heavy atom. The Kier molecular flexibility index (Phi) is 5.60.